The van der Waals surface area contributed by atoms with Gasteiger partial charge in [-0.2, -0.15) is 0 Å². The molecule has 0 heterocycles. The lowest BCUT2D eigenvalue weighted by Gasteiger charge is -2.50. The van der Waals surface area contributed by atoms with E-state index in [1.54, 1.807) is 0 Å². The molecule has 3 nitrogen and oxygen atoms in total. The van der Waals surface area contributed by atoms with E-state index < -0.39 is 12.2 Å². The zero-order valence-corrected chi connectivity index (χ0v) is 12.1. The highest BCUT2D eigenvalue weighted by Gasteiger charge is 2.50. The first kappa shape index (κ1) is 13.6. The molecule has 0 unspecified atom stereocenters. The molecule has 4 atom stereocenters. The zero-order chi connectivity index (χ0) is 14.3. The van der Waals surface area contributed by atoms with Crippen molar-refractivity contribution < 1.29 is 14.6 Å². The summed E-state index contributed by atoms with van der Waals surface area (Å²) >= 11 is 0. The van der Waals surface area contributed by atoms with E-state index in [9.17, 15) is 9.90 Å². The number of hydrogen-bond acceptors (Lipinski definition) is 3. The van der Waals surface area contributed by atoms with Crippen molar-refractivity contribution in [1.29, 1.82) is 0 Å². The van der Waals surface area contributed by atoms with Crippen LogP contribution in [0.25, 0.3) is 0 Å². The van der Waals surface area contributed by atoms with Crippen LogP contribution in [0.5, 0.6) is 0 Å². The highest BCUT2D eigenvalue weighted by atomic mass is 16.6. The summed E-state index contributed by atoms with van der Waals surface area (Å²) in [4.78, 5) is 11.4. The van der Waals surface area contributed by atoms with Crippen LogP contribution >= 0.6 is 0 Å². The summed E-state index contributed by atoms with van der Waals surface area (Å²) in [5.74, 6) is -0.154. The van der Waals surface area contributed by atoms with Crippen molar-refractivity contribution in [1.82, 2.24) is 0 Å². The average Bonchev–Trinajstić information content (AvgIpc) is 2.43. The molecule has 1 aromatic carbocycles. The number of fused-ring (bicyclic) bond motifs is 3. The highest BCUT2D eigenvalue weighted by Crippen LogP contribution is 2.53. The molecule has 0 radical (unpaired) electrons. The van der Waals surface area contributed by atoms with Gasteiger partial charge in [-0.05, 0) is 35.3 Å². The van der Waals surface area contributed by atoms with Crippen LogP contribution in [0.3, 0.4) is 0 Å². The summed E-state index contributed by atoms with van der Waals surface area (Å²) in [6, 6.07) is 8.12. The SMILES string of the molecule is CC(=O)O[C@H]1c2ccccc2[C@@]2(C)CCCC[C@H]2[C@H]1O. The summed E-state index contributed by atoms with van der Waals surface area (Å²) in [7, 11) is 0. The van der Waals surface area contributed by atoms with E-state index in [4.69, 9.17) is 4.74 Å². The molecule has 0 aliphatic heterocycles. The first-order chi connectivity index (χ1) is 9.54. The van der Waals surface area contributed by atoms with Crippen LogP contribution in [0.1, 0.15) is 56.8 Å². The number of rotatable bonds is 1. The molecule has 0 spiro atoms. The summed E-state index contributed by atoms with van der Waals surface area (Å²) in [6.07, 6.45) is 3.33. The van der Waals surface area contributed by atoms with Crippen molar-refractivity contribution in [2.45, 2.75) is 57.2 Å². The van der Waals surface area contributed by atoms with Crippen molar-refractivity contribution in [3.8, 4) is 0 Å². The molecule has 1 fully saturated rings. The molecule has 1 aromatic rings. The van der Waals surface area contributed by atoms with Gasteiger partial charge in [0, 0.05) is 6.92 Å². The van der Waals surface area contributed by atoms with Gasteiger partial charge in [0.05, 0.1) is 6.10 Å². The molecule has 3 heteroatoms. The van der Waals surface area contributed by atoms with E-state index in [-0.39, 0.29) is 17.3 Å². The summed E-state index contributed by atoms with van der Waals surface area (Å²) in [6.45, 7) is 3.66. The van der Waals surface area contributed by atoms with Crippen LogP contribution in [-0.4, -0.2) is 17.2 Å². The Hall–Kier alpha value is -1.35. The largest absolute Gasteiger partial charge is 0.455 e. The van der Waals surface area contributed by atoms with Gasteiger partial charge in [-0.25, -0.2) is 0 Å². The zero-order valence-electron chi connectivity index (χ0n) is 12.1. The molecular formula is C17H22O3. The molecule has 0 bridgehead atoms. The molecule has 2 aliphatic rings. The molecular weight excluding hydrogens is 252 g/mol. The normalized spacial score (nSPS) is 35.9. The number of aliphatic hydroxyl groups is 1. The van der Waals surface area contributed by atoms with E-state index in [2.05, 4.69) is 13.0 Å². The van der Waals surface area contributed by atoms with Gasteiger partial charge in [0.1, 0.15) is 0 Å². The van der Waals surface area contributed by atoms with Gasteiger partial charge in [0.25, 0.3) is 0 Å². The number of carbonyl (C=O) groups excluding carboxylic acids is 1. The smallest absolute Gasteiger partial charge is 0.303 e. The quantitative estimate of drug-likeness (QED) is 0.800. The minimum Gasteiger partial charge on any atom is -0.455 e. The van der Waals surface area contributed by atoms with Gasteiger partial charge in [-0.15, -0.1) is 0 Å². The second-order valence-electron chi connectivity index (χ2n) is 6.38. The third-order valence-electron chi connectivity index (χ3n) is 5.18. The molecule has 1 saturated carbocycles. The Balaban J connectivity index is 2.11. The molecule has 0 aromatic heterocycles. The van der Waals surface area contributed by atoms with Crippen LogP contribution < -0.4 is 0 Å². The minimum absolute atomic E-state index is 0.00487. The standard InChI is InChI=1S/C17H22O3/c1-11(18)20-16-12-7-3-4-8-13(12)17(2)10-6-5-9-14(17)15(16)19/h3-4,7-8,14-16,19H,5-6,9-10H2,1-2H3/t14-,15+,16-,17+/m0/s1. The van der Waals surface area contributed by atoms with E-state index in [1.807, 2.05) is 18.2 Å². The topological polar surface area (TPSA) is 46.5 Å². The van der Waals surface area contributed by atoms with Crippen molar-refractivity contribution >= 4 is 5.97 Å². The average molecular weight is 274 g/mol. The Kier molecular flexibility index (Phi) is 3.33. The number of hydrogen-bond donors (Lipinski definition) is 1. The van der Waals surface area contributed by atoms with E-state index in [1.165, 1.54) is 18.9 Å². The first-order valence-corrected chi connectivity index (χ1v) is 7.49. The molecule has 2 aliphatic carbocycles. The van der Waals surface area contributed by atoms with Crippen LogP contribution in [0.4, 0.5) is 0 Å². The van der Waals surface area contributed by atoms with Gasteiger partial charge in [0.15, 0.2) is 6.10 Å². The third kappa shape index (κ3) is 1.96. The number of benzene rings is 1. The number of esters is 1. The van der Waals surface area contributed by atoms with Crippen LogP contribution in [0, 0.1) is 5.92 Å². The van der Waals surface area contributed by atoms with E-state index in [0.29, 0.717) is 0 Å². The fourth-order valence-electron chi connectivity index (χ4n) is 4.21. The number of aliphatic hydroxyl groups excluding tert-OH is 1. The van der Waals surface area contributed by atoms with Crippen LogP contribution in [0.2, 0.25) is 0 Å². The van der Waals surface area contributed by atoms with Gasteiger partial charge >= 0.3 is 5.97 Å². The molecule has 1 N–H and O–H groups in total. The fourth-order valence-corrected chi connectivity index (χ4v) is 4.21. The summed E-state index contributed by atoms with van der Waals surface area (Å²) < 4.78 is 5.43. The second kappa shape index (κ2) is 4.88. The van der Waals surface area contributed by atoms with Crippen molar-refractivity contribution in [2.75, 3.05) is 0 Å². The summed E-state index contributed by atoms with van der Waals surface area (Å²) in [5, 5.41) is 10.7. The van der Waals surface area contributed by atoms with E-state index in [0.717, 1.165) is 24.8 Å². The van der Waals surface area contributed by atoms with E-state index >= 15 is 0 Å². The van der Waals surface area contributed by atoms with Crippen LogP contribution in [0.15, 0.2) is 24.3 Å². The molecule has 0 saturated heterocycles. The lowest BCUT2D eigenvalue weighted by atomic mass is 9.56. The Labute approximate surface area is 120 Å². The van der Waals surface area contributed by atoms with Gasteiger partial charge in [-0.3, -0.25) is 4.79 Å². The Morgan fingerprint density at radius 3 is 2.85 bits per heavy atom. The predicted octanol–water partition coefficient (Wildman–Crippen LogP) is 3.11. The molecule has 0 amide bonds. The molecule has 108 valence electrons. The Bertz CT molecular complexity index is 525. The van der Waals surface area contributed by atoms with Crippen molar-refractivity contribution in [3.63, 3.8) is 0 Å². The highest BCUT2D eigenvalue weighted by molar-refractivity contribution is 5.66. The maximum atomic E-state index is 11.4. The lowest BCUT2D eigenvalue weighted by molar-refractivity contribution is -0.160. The number of ether oxygens (including phenoxy) is 1. The first-order valence-electron chi connectivity index (χ1n) is 7.49. The van der Waals surface area contributed by atoms with Gasteiger partial charge in [0.2, 0.25) is 0 Å². The predicted molar refractivity (Wildman–Crippen MR) is 76.3 cm³/mol. The maximum Gasteiger partial charge on any atom is 0.303 e. The number of carbonyl (C=O) groups is 1. The van der Waals surface area contributed by atoms with Gasteiger partial charge in [-0.1, -0.05) is 44.0 Å². The molecule has 3 rings (SSSR count). The Morgan fingerprint density at radius 2 is 2.10 bits per heavy atom. The van der Waals surface area contributed by atoms with Crippen molar-refractivity contribution in [2.24, 2.45) is 5.92 Å². The fraction of sp³-hybridized carbons (Fsp3) is 0.588. The van der Waals surface area contributed by atoms with Crippen molar-refractivity contribution in [3.05, 3.63) is 35.4 Å². The second-order valence-corrected chi connectivity index (χ2v) is 6.38. The maximum absolute atomic E-state index is 11.4. The third-order valence-corrected chi connectivity index (χ3v) is 5.18. The minimum atomic E-state index is -0.598. The molecule has 20 heavy (non-hydrogen) atoms. The monoisotopic (exact) mass is 274 g/mol. The summed E-state index contributed by atoms with van der Waals surface area (Å²) in [5.41, 5.74) is 2.24. The van der Waals surface area contributed by atoms with Crippen LogP contribution in [-0.2, 0) is 14.9 Å². The van der Waals surface area contributed by atoms with Gasteiger partial charge < -0.3 is 9.84 Å². The Morgan fingerprint density at radius 1 is 1.35 bits per heavy atom. The lowest BCUT2D eigenvalue weighted by Crippen LogP contribution is -2.49.